The summed E-state index contributed by atoms with van der Waals surface area (Å²) in [5.41, 5.74) is 1.40. The molecule has 0 aliphatic carbocycles. The van der Waals surface area contributed by atoms with Gasteiger partial charge in [0.2, 0.25) is 10.0 Å². The first-order valence-electron chi connectivity index (χ1n) is 9.78. The molecule has 0 aromatic heterocycles. The molecule has 7 nitrogen and oxygen atoms in total. The Morgan fingerprint density at radius 2 is 1.81 bits per heavy atom. The SMILES string of the molecule is CCN(CCNS(=O)(=O)c1c(C)cccc1CC(=O)O)Cc1ccc(OC(F)(F)F)cc1. The average Bonchev–Trinajstić information content (AvgIpc) is 2.66. The fraction of sp³-hybridized carbons (Fsp3) is 0.381. The Kier molecular flexibility index (Phi) is 8.65. The number of aryl methyl sites for hydroxylation is 1. The molecule has 176 valence electrons. The molecule has 0 heterocycles. The first kappa shape index (κ1) is 25.6. The van der Waals surface area contributed by atoms with Crippen LogP contribution in [0.1, 0.15) is 23.6 Å². The predicted molar refractivity (Wildman–Crippen MR) is 112 cm³/mol. The molecule has 0 spiro atoms. The summed E-state index contributed by atoms with van der Waals surface area (Å²) in [4.78, 5) is 13.0. The van der Waals surface area contributed by atoms with Crippen LogP contribution < -0.4 is 9.46 Å². The van der Waals surface area contributed by atoms with Crippen LogP contribution in [0.4, 0.5) is 13.2 Å². The van der Waals surface area contributed by atoms with Gasteiger partial charge >= 0.3 is 12.3 Å². The molecule has 0 bridgehead atoms. The molecule has 0 aliphatic heterocycles. The molecule has 0 saturated heterocycles. The fourth-order valence-corrected chi connectivity index (χ4v) is 4.70. The lowest BCUT2D eigenvalue weighted by atomic mass is 10.1. The van der Waals surface area contributed by atoms with Crippen molar-refractivity contribution >= 4 is 16.0 Å². The highest BCUT2D eigenvalue weighted by Crippen LogP contribution is 2.23. The van der Waals surface area contributed by atoms with Gasteiger partial charge in [-0.15, -0.1) is 13.2 Å². The van der Waals surface area contributed by atoms with Gasteiger partial charge in [0.15, 0.2) is 0 Å². The molecule has 0 saturated carbocycles. The Morgan fingerprint density at radius 3 is 2.38 bits per heavy atom. The van der Waals surface area contributed by atoms with Gasteiger partial charge in [-0.05, 0) is 42.3 Å². The van der Waals surface area contributed by atoms with Crippen LogP contribution in [-0.2, 0) is 27.8 Å². The molecule has 0 atom stereocenters. The number of nitrogens with zero attached hydrogens (tertiary/aromatic N) is 1. The number of rotatable bonds is 11. The number of alkyl halides is 3. The first-order valence-corrected chi connectivity index (χ1v) is 11.3. The highest BCUT2D eigenvalue weighted by molar-refractivity contribution is 7.89. The van der Waals surface area contributed by atoms with Gasteiger partial charge in [-0.1, -0.05) is 37.3 Å². The summed E-state index contributed by atoms with van der Waals surface area (Å²) in [5.74, 6) is -1.44. The Balaban J connectivity index is 2.00. The van der Waals surface area contributed by atoms with E-state index in [9.17, 15) is 26.4 Å². The Hall–Kier alpha value is -2.63. The van der Waals surface area contributed by atoms with Gasteiger partial charge < -0.3 is 9.84 Å². The molecule has 2 rings (SSSR count). The summed E-state index contributed by atoms with van der Waals surface area (Å²) in [5, 5.41) is 9.06. The zero-order valence-corrected chi connectivity index (χ0v) is 18.5. The second-order valence-corrected chi connectivity index (χ2v) is 8.80. The fourth-order valence-electron chi connectivity index (χ4n) is 3.21. The van der Waals surface area contributed by atoms with Gasteiger partial charge in [-0.25, -0.2) is 13.1 Å². The van der Waals surface area contributed by atoms with Crippen LogP contribution in [0, 0.1) is 6.92 Å². The number of carboxylic acids is 1. The van der Waals surface area contributed by atoms with E-state index < -0.39 is 28.8 Å². The van der Waals surface area contributed by atoms with E-state index in [0.29, 0.717) is 25.2 Å². The van der Waals surface area contributed by atoms with Gasteiger partial charge in [-0.3, -0.25) is 9.69 Å². The van der Waals surface area contributed by atoms with Crippen LogP contribution in [-0.4, -0.2) is 50.4 Å². The zero-order valence-electron chi connectivity index (χ0n) is 17.6. The third kappa shape index (κ3) is 7.81. The quantitative estimate of drug-likeness (QED) is 0.519. The summed E-state index contributed by atoms with van der Waals surface area (Å²) < 4.78 is 68.8. The third-order valence-electron chi connectivity index (χ3n) is 4.63. The predicted octanol–water partition coefficient (Wildman–Crippen LogP) is 3.32. The number of aliphatic carboxylic acids is 1. The van der Waals surface area contributed by atoms with Gasteiger partial charge in [0.25, 0.3) is 0 Å². The van der Waals surface area contributed by atoms with Gasteiger partial charge in [0.05, 0.1) is 11.3 Å². The van der Waals surface area contributed by atoms with Crippen molar-refractivity contribution in [3.63, 3.8) is 0 Å². The van der Waals surface area contributed by atoms with E-state index in [0.717, 1.165) is 5.56 Å². The molecule has 2 N–H and O–H groups in total. The van der Waals surface area contributed by atoms with Crippen molar-refractivity contribution in [2.24, 2.45) is 0 Å². The number of likely N-dealkylation sites (N-methyl/N-ethyl adjacent to an activating group) is 1. The molecule has 0 fully saturated rings. The number of hydrogen-bond acceptors (Lipinski definition) is 5. The van der Waals surface area contributed by atoms with Crippen molar-refractivity contribution in [3.8, 4) is 5.75 Å². The maximum atomic E-state index is 12.8. The number of halogens is 3. The topological polar surface area (TPSA) is 95.9 Å². The van der Waals surface area contributed by atoms with E-state index >= 15 is 0 Å². The Labute approximate surface area is 184 Å². The van der Waals surface area contributed by atoms with Crippen molar-refractivity contribution in [3.05, 3.63) is 59.2 Å². The molecule has 2 aromatic carbocycles. The minimum Gasteiger partial charge on any atom is -0.481 e. The molecule has 0 amide bonds. The van der Waals surface area contributed by atoms with Crippen molar-refractivity contribution in [1.29, 1.82) is 0 Å². The Bertz CT molecular complexity index is 1020. The molecule has 11 heteroatoms. The molecule has 0 radical (unpaired) electrons. The standard InChI is InChI=1S/C21H25F3N2O5S/c1-3-26(14-16-7-9-18(10-8-16)31-21(22,23)24)12-11-25-32(29,30)20-15(2)5-4-6-17(20)13-19(27)28/h4-10,25H,3,11-14H2,1-2H3,(H,27,28). The number of hydrogen-bond donors (Lipinski definition) is 2. The molecule has 32 heavy (non-hydrogen) atoms. The van der Waals surface area contributed by atoms with Crippen LogP contribution in [0.3, 0.4) is 0 Å². The molecular formula is C21H25F3N2O5S. The molecule has 2 aromatic rings. The lowest BCUT2D eigenvalue weighted by Gasteiger charge is -2.21. The van der Waals surface area contributed by atoms with Gasteiger partial charge in [-0.2, -0.15) is 0 Å². The number of carboxylic acid groups (broad SMARTS) is 1. The number of sulfonamides is 1. The molecule has 0 unspecified atom stereocenters. The van der Waals surface area contributed by atoms with Crippen LogP contribution in [0.2, 0.25) is 0 Å². The van der Waals surface area contributed by atoms with Crippen LogP contribution >= 0.6 is 0 Å². The van der Waals surface area contributed by atoms with Crippen molar-refractivity contribution < 1.29 is 36.2 Å². The lowest BCUT2D eigenvalue weighted by Crippen LogP contribution is -2.35. The van der Waals surface area contributed by atoms with Gasteiger partial charge in [0.1, 0.15) is 5.75 Å². The van der Waals surface area contributed by atoms with Crippen molar-refractivity contribution in [2.75, 3.05) is 19.6 Å². The van der Waals surface area contributed by atoms with E-state index in [2.05, 4.69) is 9.46 Å². The second-order valence-electron chi connectivity index (χ2n) is 7.09. The van der Waals surface area contributed by atoms with Crippen LogP contribution in [0.15, 0.2) is 47.4 Å². The van der Waals surface area contributed by atoms with E-state index in [-0.39, 0.29) is 22.8 Å². The number of nitrogens with one attached hydrogen (secondary N) is 1. The summed E-state index contributed by atoms with van der Waals surface area (Å²) in [7, 11) is -3.93. The van der Waals surface area contributed by atoms with E-state index in [1.54, 1.807) is 19.1 Å². The monoisotopic (exact) mass is 474 g/mol. The van der Waals surface area contributed by atoms with E-state index in [4.69, 9.17) is 5.11 Å². The summed E-state index contributed by atoms with van der Waals surface area (Å²) in [6, 6.07) is 10.2. The highest BCUT2D eigenvalue weighted by Gasteiger charge is 2.31. The smallest absolute Gasteiger partial charge is 0.481 e. The molecule has 0 aliphatic rings. The Morgan fingerprint density at radius 1 is 1.16 bits per heavy atom. The third-order valence-corrected chi connectivity index (χ3v) is 6.34. The number of ether oxygens (including phenoxy) is 1. The second kappa shape index (κ2) is 10.8. The maximum Gasteiger partial charge on any atom is 0.573 e. The average molecular weight is 475 g/mol. The largest absolute Gasteiger partial charge is 0.573 e. The highest BCUT2D eigenvalue weighted by atomic mass is 32.2. The van der Waals surface area contributed by atoms with Gasteiger partial charge in [0, 0.05) is 19.6 Å². The number of carbonyl (C=O) groups is 1. The molecular weight excluding hydrogens is 449 g/mol. The summed E-state index contributed by atoms with van der Waals surface area (Å²) in [6.07, 6.45) is -5.16. The summed E-state index contributed by atoms with van der Waals surface area (Å²) >= 11 is 0. The van der Waals surface area contributed by atoms with Crippen molar-refractivity contribution in [1.82, 2.24) is 9.62 Å². The first-order chi connectivity index (χ1) is 14.9. The van der Waals surface area contributed by atoms with Crippen LogP contribution in [0.25, 0.3) is 0 Å². The summed E-state index contributed by atoms with van der Waals surface area (Å²) in [6.45, 7) is 4.88. The van der Waals surface area contributed by atoms with E-state index in [1.165, 1.54) is 30.3 Å². The number of benzene rings is 2. The van der Waals surface area contributed by atoms with Crippen LogP contribution in [0.5, 0.6) is 5.75 Å². The minimum absolute atomic E-state index is 0.0364. The zero-order chi connectivity index (χ0) is 23.9. The lowest BCUT2D eigenvalue weighted by molar-refractivity contribution is -0.274. The van der Waals surface area contributed by atoms with Crippen molar-refractivity contribution in [2.45, 2.75) is 38.1 Å². The maximum absolute atomic E-state index is 12.8. The normalized spacial score (nSPS) is 12.2. The van der Waals surface area contributed by atoms with E-state index in [1.807, 2.05) is 11.8 Å². The minimum atomic E-state index is -4.75.